The summed E-state index contributed by atoms with van der Waals surface area (Å²) >= 11 is 5.27. The highest BCUT2D eigenvalue weighted by Crippen LogP contribution is 2.16. The Morgan fingerprint density at radius 2 is 1.93 bits per heavy atom. The lowest BCUT2D eigenvalue weighted by Crippen LogP contribution is -2.16. The quantitative estimate of drug-likeness (QED) is 0.206. The van der Waals surface area contributed by atoms with E-state index in [9.17, 15) is 0 Å². The van der Waals surface area contributed by atoms with Crippen LogP contribution in [0.15, 0.2) is 82.5 Å². The molecule has 168 valence electrons. The van der Waals surface area contributed by atoms with Crippen LogP contribution in [-0.4, -0.2) is 18.5 Å². The summed E-state index contributed by atoms with van der Waals surface area (Å²) in [6.45, 7) is 22.3. The summed E-state index contributed by atoms with van der Waals surface area (Å²) < 4.78 is 5.15. The van der Waals surface area contributed by atoms with E-state index in [4.69, 9.17) is 16.0 Å². The molecule has 1 heterocycles. The first-order chi connectivity index (χ1) is 14.2. The Morgan fingerprint density at radius 1 is 1.27 bits per heavy atom. The fraction of sp³-hybridized carbons (Fsp3) is 0.462. The molecular weight excluding hydrogens is 392 g/mol. The van der Waals surface area contributed by atoms with Crippen molar-refractivity contribution in [1.29, 1.82) is 0 Å². The van der Waals surface area contributed by atoms with Gasteiger partial charge < -0.3 is 15.1 Å². The number of allylic oxidation sites excluding steroid dienone is 6. The van der Waals surface area contributed by atoms with Crippen LogP contribution in [0.25, 0.3) is 0 Å². The second-order valence-corrected chi connectivity index (χ2v) is 8.31. The highest BCUT2D eigenvalue weighted by molar-refractivity contribution is 6.20. The molecule has 0 radical (unpaired) electrons. The third kappa shape index (κ3) is 13.2. The Balaban J connectivity index is 0.00000192. The molecule has 0 fully saturated rings. The van der Waals surface area contributed by atoms with E-state index in [0.29, 0.717) is 5.38 Å². The van der Waals surface area contributed by atoms with Gasteiger partial charge in [-0.05, 0) is 83.2 Å². The van der Waals surface area contributed by atoms with E-state index in [0.717, 1.165) is 49.2 Å². The molecular formula is C26H41ClN2O. The molecule has 2 N–H and O–H groups in total. The number of hydrogen-bond donors (Lipinski definition) is 2. The van der Waals surface area contributed by atoms with Gasteiger partial charge in [-0.25, -0.2) is 0 Å². The molecule has 0 bridgehead atoms. The van der Waals surface area contributed by atoms with Crippen molar-refractivity contribution in [3.63, 3.8) is 0 Å². The van der Waals surface area contributed by atoms with E-state index in [1.54, 1.807) is 12.5 Å². The zero-order chi connectivity index (χ0) is 22.9. The Labute approximate surface area is 189 Å². The highest BCUT2D eigenvalue weighted by atomic mass is 35.5. The van der Waals surface area contributed by atoms with Gasteiger partial charge in [-0.15, -0.1) is 11.6 Å². The maximum atomic E-state index is 5.27. The first-order valence-electron chi connectivity index (χ1n) is 10.7. The van der Waals surface area contributed by atoms with E-state index >= 15 is 0 Å². The molecule has 0 spiro atoms. The smallest absolute Gasteiger partial charge is 0.0937 e. The normalized spacial score (nSPS) is 12.7. The average Bonchev–Trinajstić information content (AvgIpc) is 3.20. The van der Waals surface area contributed by atoms with Gasteiger partial charge in [0.15, 0.2) is 0 Å². The minimum absolute atomic E-state index is 0.306. The van der Waals surface area contributed by atoms with Crippen LogP contribution in [0.5, 0.6) is 0 Å². The molecule has 0 atom stereocenters. The first kappa shape index (κ1) is 27.9. The minimum Gasteiger partial charge on any atom is -0.472 e. The Morgan fingerprint density at radius 3 is 2.43 bits per heavy atom. The van der Waals surface area contributed by atoms with Crippen LogP contribution in [0.2, 0.25) is 0 Å². The van der Waals surface area contributed by atoms with Crippen LogP contribution in [0.3, 0.4) is 0 Å². The zero-order valence-electron chi connectivity index (χ0n) is 19.8. The third-order valence-electron chi connectivity index (χ3n) is 4.42. The van der Waals surface area contributed by atoms with E-state index in [2.05, 4.69) is 56.7 Å². The molecule has 0 aliphatic carbocycles. The second-order valence-electron chi connectivity index (χ2n) is 7.43. The summed E-state index contributed by atoms with van der Waals surface area (Å²) in [5.74, 6) is 0. The fourth-order valence-corrected chi connectivity index (χ4v) is 2.63. The van der Waals surface area contributed by atoms with Crippen molar-refractivity contribution in [3.8, 4) is 0 Å². The SMILES string of the molecule is C=C/C(=C\C(=C/C)Cc1ccoc1)C(=C)NCCC/C(C)=C(/C)NCC.CC(C)Cl. The summed E-state index contributed by atoms with van der Waals surface area (Å²) in [7, 11) is 0. The molecule has 0 saturated heterocycles. The van der Waals surface area contributed by atoms with Crippen LogP contribution < -0.4 is 10.6 Å². The lowest BCUT2D eigenvalue weighted by atomic mass is 10.0. The summed E-state index contributed by atoms with van der Waals surface area (Å²) in [4.78, 5) is 0. The molecule has 0 saturated carbocycles. The molecule has 1 aromatic rings. The van der Waals surface area contributed by atoms with Gasteiger partial charge in [0, 0.05) is 36.3 Å². The second kappa shape index (κ2) is 16.6. The van der Waals surface area contributed by atoms with Crippen molar-refractivity contribution in [2.75, 3.05) is 13.1 Å². The van der Waals surface area contributed by atoms with Crippen molar-refractivity contribution in [2.45, 2.75) is 66.2 Å². The summed E-state index contributed by atoms with van der Waals surface area (Å²) in [6.07, 6.45) is 12.6. The predicted octanol–water partition coefficient (Wildman–Crippen LogP) is 7.30. The van der Waals surface area contributed by atoms with Gasteiger partial charge in [0.1, 0.15) is 0 Å². The molecule has 4 heteroatoms. The van der Waals surface area contributed by atoms with Crippen molar-refractivity contribution in [3.05, 3.63) is 83.7 Å². The molecule has 0 aliphatic rings. The lowest BCUT2D eigenvalue weighted by Gasteiger charge is -2.13. The van der Waals surface area contributed by atoms with Crippen molar-refractivity contribution in [1.82, 2.24) is 10.6 Å². The third-order valence-corrected chi connectivity index (χ3v) is 4.42. The summed E-state index contributed by atoms with van der Waals surface area (Å²) in [6, 6.07) is 1.99. The molecule has 0 aliphatic heterocycles. The lowest BCUT2D eigenvalue weighted by molar-refractivity contribution is 0.564. The van der Waals surface area contributed by atoms with Gasteiger partial charge in [0.25, 0.3) is 0 Å². The Hall–Kier alpha value is -2.13. The van der Waals surface area contributed by atoms with E-state index in [1.807, 2.05) is 32.9 Å². The van der Waals surface area contributed by atoms with Gasteiger partial charge in [-0.2, -0.15) is 0 Å². The monoisotopic (exact) mass is 432 g/mol. The summed E-state index contributed by atoms with van der Waals surface area (Å²) in [5.41, 5.74) is 7.01. The van der Waals surface area contributed by atoms with E-state index < -0.39 is 0 Å². The predicted molar refractivity (Wildman–Crippen MR) is 134 cm³/mol. The number of hydrogen-bond acceptors (Lipinski definition) is 3. The topological polar surface area (TPSA) is 37.2 Å². The first-order valence-corrected chi connectivity index (χ1v) is 11.2. The fourth-order valence-electron chi connectivity index (χ4n) is 2.63. The molecule has 0 amide bonds. The van der Waals surface area contributed by atoms with Crippen molar-refractivity contribution in [2.24, 2.45) is 0 Å². The van der Waals surface area contributed by atoms with Crippen LogP contribution in [-0.2, 0) is 6.42 Å². The van der Waals surface area contributed by atoms with Gasteiger partial charge in [-0.3, -0.25) is 0 Å². The standard InChI is InChI=1S/C23H34N2O.C3H7Cl/c1-7-21(15-22-12-14-26-17-22)16-23(8-2)20(6)25-13-10-11-18(4)19(5)24-9-3;1-3(2)4/h7-8,12,14,16-17,24-25H,2,6,9-11,13,15H2,1,3-5H3;3H,1-2H3/b19-18-,21-7-,23-16+;. The number of nitrogens with one attached hydrogen (secondary N) is 2. The van der Waals surface area contributed by atoms with E-state index in [1.165, 1.54) is 16.8 Å². The van der Waals surface area contributed by atoms with Gasteiger partial charge in [0.05, 0.1) is 12.5 Å². The highest BCUT2D eigenvalue weighted by Gasteiger charge is 2.03. The molecule has 1 aromatic heterocycles. The maximum Gasteiger partial charge on any atom is 0.0937 e. The van der Waals surface area contributed by atoms with Gasteiger partial charge in [0.2, 0.25) is 0 Å². The zero-order valence-corrected chi connectivity index (χ0v) is 20.5. The maximum absolute atomic E-state index is 5.27. The summed E-state index contributed by atoms with van der Waals surface area (Å²) in [5, 5.41) is 7.11. The molecule has 30 heavy (non-hydrogen) atoms. The van der Waals surface area contributed by atoms with Crippen LogP contribution in [0.1, 0.15) is 59.9 Å². The Kier molecular flexibility index (Phi) is 15.5. The molecule has 0 unspecified atom stereocenters. The number of rotatable bonds is 12. The molecule has 0 aromatic carbocycles. The van der Waals surface area contributed by atoms with Gasteiger partial charge in [-0.1, -0.05) is 30.9 Å². The molecule has 3 nitrogen and oxygen atoms in total. The average molecular weight is 433 g/mol. The minimum atomic E-state index is 0.306. The van der Waals surface area contributed by atoms with Crippen molar-refractivity contribution < 1.29 is 4.42 Å². The van der Waals surface area contributed by atoms with E-state index in [-0.39, 0.29) is 0 Å². The Bertz CT molecular complexity index is 707. The number of furan rings is 1. The van der Waals surface area contributed by atoms with Gasteiger partial charge >= 0.3 is 0 Å². The van der Waals surface area contributed by atoms with Crippen LogP contribution >= 0.6 is 11.6 Å². The van der Waals surface area contributed by atoms with Crippen molar-refractivity contribution >= 4 is 11.6 Å². The number of halogens is 1. The largest absolute Gasteiger partial charge is 0.472 e. The molecule has 1 rings (SSSR count). The van der Waals surface area contributed by atoms with Crippen LogP contribution in [0.4, 0.5) is 0 Å². The number of alkyl halides is 1. The van der Waals surface area contributed by atoms with Crippen LogP contribution in [0, 0.1) is 0 Å².